The number of hydrogen-bond acceptors (Lipinski definition) is 2. The second-order valence-corrected chi connectivity index (χ2v) is 7.64. The van der Waals surface area contributed by atoms with Crippen LogP contribution in [0.5, 0.6) is 0 Å². The van der Waals surface area contributed by atoms with Crippen molar-refractivity contribution >= 4 is 10.8 Å². The van der Waals surface area contributed by atoms with Crippen LogP contribution in [0.2, 0.25) is 0 Å². The van der Waals surface area contributed by atoms with Crippen molar-refractivity contribution in [2.75, 3.05) is 46.3 Å². The fourth-order valence-electron chi connectivity index (χ4n) is 4.38. The van der Waals surface area contributed by atoms with Crippen molar-refractivity contribution < 1.29 is 4.90 Å². The molecule has 0 bridgehead atoms. The van der Waals surface area contributed by atoms with Crippen molar-refractivity contribution in [2.24, 2.45) is 0 Å². The van der Waals surface area contributed by atoms with Crippen LogP contribution in [0.4, 0.5) is 0 Å². The average molecular weight is 324 g/mol. The topological polar surface area (TPSA) is 10.9 Å². The first-order chi connectivity index (χ1) is 11.8. The molecule has 24 heavy (non-hydrogen) atoms. The Kier molecular flexibility index (Phi) is 4.83. The molecule has 3 nitrogen and oxygen atoms in total. The minimum absolute atomic E-state index is 0.821. The van der Waals surface area contributed by atoms with E-state index >= 15 is 0 Å². The van der Waals surface area contributed by atoms with Crippen LogP contribution in [-0.2, 0) is 6.54 Å². The van der Waals surface area contributed by atoms with Crippen molar-refractivity contribution in [3.8, 4) is 0 Å². The number of nitrogens with one attached hydrogen (secondary N) is 1. The van der Waals surface area contributed by atoms with E-state index in [1.807, 2.05) is 0 Å². The first kappa shape index (κ1) is 16.1. The van der Waals surface area contributed by atoms with Gasteiger partial charge in [0.15, 0.2) is 0 Å². The molecule has 2 aromatic rings. The van der Waals surface area contributed by atoms with Crippen LogP contribution in [0.1, 0.15) is 18.4 Å². The highest BCUT2D eigenvalue weighted by atomic mass is 15.3. The van der Waals surface area contributed by atoms with Gasteiger partial charge >= 0.3 is 0 Å². The van der Waals surface area contributed by atoms with Crippen molar-refractivity contribution in [1.82, 2.24) is 9.80 Å². The number of rotatable bonds is 3. The summed E-state index contributed by atoms with van der Waals surface area (Å²) in [4.78, 5) is 7.10. The third kappa shape index (κ3) is 3.49. The summed E-state index contributed by atoms with van der Waals surface area (Å²) in [7, 11) is 2.32. The van der Waals surface area contributed by atoms with Gasteiger partial charge in [0.05, 0.1) is 20.1 Å². The van der Waals surface area contributed by atoms with Crippen LogP contribution >= 0.6 is 0 Å². The van der Waals surface area contributed by atoms with E-state index in [-0.39, 0.29) is 0 Å². The van der Waals surface area contributed by atoms with E-state index in [2.05, 4.69) is 59.3 Å². The van der Waals surface area contributed by atoms with Crippen LogP contribution in [0.3, 0.4) is 0 Å². The largest absolute Gasteiger partial charge is 0.335 e. The van der Waals surface area contributed by atoms with Crippen LogP contribution in [-0.4, -0.2) is 62.2 Å². The fraction of sp³-hybridized carbons (Fsp3) is 0.524. The molecule has 0 unspecified atom stereocenters. The Morgan fingerprint density at radius 1 is 0.917 bits per heavy atom. The highest BCUT2D eigenvalue weighted by molar-refractivity contribution is 5.85. The van der Waals surface area contributed by atoms with Gasteiger partial charge in [0.1, 0.15) is 0 Å². The first-order valence-corrected chi connectivity index (χ1v) is 9.54. The summed E-state index contributed by atoms with van der Waals surface area (Å²) in [6.45, 7) is 8.80. The molecule has 1 N–H and O–H groups in total. The monoisotopic (exact) mass is 324 g/mol. The minimum Gasteiger partial charge on any atom is -0.335 e. The number of likely N-dealkylation sites (N-methyl/N-ethyl adjacent to an activating group) is 1. The normalized spacial score (nSPS) is 22.2. The molecule has 2 aliphatic rings. The van der Waals surface area contributed by atoms with Crippen molar-refractivity contribution in [1.29, 1.82) is 0 Å². The molecule has 2 saturated heterocycles. The predicted molar refractivity (Wildman–Crippen MR) is 100 cm³/mol. The van der Waals surface area contributed by atoms with E-state index in [9.17, 15) is 0 Å². The lowest BCUT2D eigenvalue weighted by molar-refractivity contribution is -0.884. The lowest BCUT2D eigenvalue weighted by atomic mass is 10.00. The molecule has 0 amide bonds. The Morgan fingerprint density at radius 2 is 1.62 bits per heavy atom. The van der Waals surface area contributed by atoms with Gasteiger partial charge in [-0.1, -0.05) is 42.5 Å². The first-order valence-electron chi connectivity index (χ1n) is 9.54. The van der Waals surface area contributed by atoms with Crippen molar-refractivity contribution in [3.05, 3.63) is 48.0 Å². The Bertz CT molecular complexity index is 662. The number of likely N-dealkylation sites (tertiary alicyclic amines) is 1. The van der Waals surface area contributed by atoms with Crippen molar-refractivity contribution in [3.63, 3.8) is 0 Å². The van der Waals surface area contributed by atoms with Gasteiger partial charge in [-0.2, -0.15) is 0 Å². The molecule has 128 valence electrons. The lowest BCUT2D eigenvalue weighted by Gasteiger charge is -2.41. The van der Waals surface area contributed by atoms with Gasteiger partial charge in [-0.15, -0.1) is 0 Å². The molecule has 0 radical (unpaired) electrons. The van der Waals surface area contributed by atoms with E-state index in [1.54, 1.807) is 4.90 Å². The number of piperidine rings is 1. The molecule has 2 aromatic carbocycles. The molecule has 0 aliphatic carbocycles. The fourth-order valence-corrected chi connectivity index (χ4v) is 4.38. The maximum Gasteiger partial charge on any atom is 0.0898 e. The third-order valence-corrected chi connectivity index (χ3v) is 6.00. The second kappa shape index (κ2) is 7.22. The molecule has 3 heteroatoms. The summed E-state index contributed by atoms with van der Waals surface area (Å²) in [5, 5.41) is 2.79. The zero-order valence-corrected chi connectivity index (χ0v) is 14.9. The van der Waals surface area contributed by atoms with Gasteiger partial charge in [0.25, 0.3) is 0 Å². The zero-order valence-electron chi connectivity index (χ0n) is 14.9. The Labute approximate surface area is 145 Å². The van der Waals surface area contributed by atoms with E-state index < -0.39 is 0 Å². The maximum atomic E-state index is 2.75. The quantitative estimate of drug-likeness (QED) is 0.920. The van der Waals surface area contributed by atoms with Gasteiger partial charge in [0.2, 0.25) is 0 Å². The third-order valence-electron chi connectivity index (χ3n) is 6.00. The van der Waals surface area contributed by atoms with E-state index in [0.717, 1.165) is 12.6 Å². The van der Waals surface area contributed by atoms with Gasteiger partial charge < -0.3 is 4.90 Å². The highest BCUT2D eigenvalue weighted by Gasteiger charge is 2.27. The molecular formula is C21H30N3+. The number of nitrogens with zero attached hydrogens (tertiary/aromatic N) is 2. The molecule has 0 aromatic heterocycles. The van der Waals surface area contributed by atoms with Crippen molar-refractivity contribution in [2.45, 2.75) is 25.4 Å². The lowest BCUT2D eigenvalue weighted by Crippen LogP contribution is -3.12. The molecule has 0 saturated carbocycles. The number of quaternary nitrogens is 1. The van der Waals surface area contributed by atoms with E-state index in [1.165, 1.54) is 68.4 Å². The summed E-state index contributed by atoms with van der Waals surface area (Å²) in [5.74, 6) is 0. The van der Waals surface area contributed by atoms with Crippen LogP contribution < -0.4 is 4.90 Å². The maximum absolute atomic E-state index is 2.75. The van der Waals surface area contributed by atoms with Gasteiger partial charge in [-0.25, -0.2) is 0 Å². The molecule has 2 fully saturated rings. The Hall–Kier alpha value is -1.42. The van der Waals surface area contributed by atoms with E-state index in [4.69, 9.17) is 0 Å². The number of benzene rings is 2. The molecule has 4 rings (SSSR count). The number of piperazine rings is 1. The summed E-state index contributed by atoms with van der Waals surface area (Å²) in [6.07, 6.45) is 2.67. The van der Waals surface area contributed by atoms with Gasteiger partial charge in [-0.05, 0) is 42.3 Å². The predicted octanol–water partition coefficient (Wildman–Crippen LogP) is 1.63. The summed E-state index contributed by atoms with van der Waals surface area (Å²) >= 11 is 0. The molecule has 2 aliphatic heterocycles. The summed E-state index contributed by atoms with van der Waals surface area (Å²) < 4.78 is 0. The molecule has 0 spiro atoms. The van der Waals surface area contributed by atoms with Crippen LogP contribution in [0.15, 0.2) is 42.5 Å². The van der Waals surface area contributed by atoms with Gasteiger partial charge in [-0.3, -0.25) is 9.80 Å². The zero-order chi connectivity index (χ0) is 16.4. The number of fused-ring (bicyclic) bond motifs is 1. The number of hydrogen-bond donors (Lipinski definition) is 1. The smallest absolute Gasteiger partial charge is 0.0898 e. The van der Waals surface area contributed by atoms with Crippen LogP contribution in [0, 0.1) is 0 Å². The Morgan fingerprint density at radius 3 is 2.42 bits per heavy atom. The standard InChI is InChI=1S/C21H29N3/c1-22-13-15-24(16-14-22)20-9-11-23(12-10-20)17-19-7-4-6-18-5-2-3-8-21(18)19/h2-8,20H,9-17H2,1H3/p+1. The van der Waals surface area contributed by atoms with Gasteiger partial charge in [0, 0.05) is 25.7 Å². The molecule has 0 atom stereocenters. The molecule has 2 heterocycles. The molecular weight excluding hydrogens is 294 g/mol. The second-order valence-electron chi connectivity index (χ2n) is 7.64. The Balaban J connectivity index is 1.36. The summed E-state index contributed by atoms with van der Waals surface area (Å²) in [5.41, 5.74) is 1.48. The van der Waals surface area contributed by atoms with Crippen LogP contribution in [0.25, 0.3) is 10.8 Å². The van der Waals surface area contributed by atoms with E-state index in [0.29, 0.717) is 0 Å². The SMILES string of the molecule is C[NH+]1CCN(C2CCN(Cc3cccc4ccccc34)CC2)CC1. The minimum atomic E-state index is 0.821. The highest BCUT2D eigenvalue weighted by Crippen LogP contribution is 2.23. The summed E-state index contributed by atoms with van der Waals surface area (Å²) in [6, 6.07) is 16.3. The average Bonchev–Trinajstić information content (AvgIpc) is 2.63.